The van der Waals surface area contributed by atoms with Crippen LogP contribution in [0.2, 0.25) is 0 Å². The van der Waals surface area contributed by atoms with E-state index in [-0.39, 0.29) is 11.9 Å². The third-order valence-electron chi connectivity index (χ3n) is 3.79. The fourth-order valence-electron chi connectivity index (χ4n) is 2.47. The molecule has 3 nitrogen and oxygen atoms in total. The van der Waals surface area contributed by atoms with Crippen molar-refractivity contribution in [1.29, 1.82) is 5.26 Å². The second-order valence-corrected chi connectivity index (χ2v) is 4.89. The smallest absolute Gasteiger partial charge is 0.323 e. The van der Waals surface area contributed by atoms with Crippen molar-refractivity contribution in [3.8, 4) is 6.07 Å². The van der Waals surface area contributed by atoms with Crippen molar-refractivity contribution in [2.75, 3.05) is 6.61 Å². The Morgan fingerprint density at radius 2 is 2.12 bits per heavy atom. The Balaban J connectivity index is 2.61. The largest absolute Gasteiger partial charge is 0.465 e. The highest BCUT2D eigenvalue weighted by atomic mass is 16.5. The molecule has 0 heterocycles. The lowest BCUT2D eigenvalue weighted by Gasteiger charge is -2.33. The van der Waals surface area contributed by atoms with Crippen molar-refractivity contribution >= 4 is 5.97 Å². The maximum atomic E-state index is 11.6. The SMILES string of the molecule is CCOC(=O)C(C#N)C1CCC(C)C(C)C1. The molecule has 0 aliphatic heterocycles. The first-order valence-electron chi connectivity index (χ1n) is 6.16. The van der Waals surface area contributed by atoms with Crippen molar-refractivity contribution in [2.45, 2.75) is 40.0 Å². The molecule has 0 aromatic carbocycles. The number of hydrogen-bond donors (Lipinski definition) is 0. The van der Waals surface area contributed by atoms with Gasteiger partial charge in [-0.05, 0) is 37.5 Å². The summed E-state index contributed by atoms with van der Waals surface area (Å²) in [5.74, 6) is 0.601. The number of carbonyl (C=O) groups excluding carboxylic acids is 1. The minimum absolute atomic E-state index is 0.190. The van der Waals surface area contributed by atoms with E-state index >= 15 is 0 Å². The van der Waals surface area contributed by atoms with E-state index in [9.17, 15) is 4.79 Å². The summed E-state index contributed by atoms with van der Waals surface area (Å²) in [5.41, 5.74) is 0. The van der Waals surface area contributed by atoms with Crippen LogP contribution >= 0.6 is 0 Å². The predicted octanol–water partition coefficient (Wildman–Crippen LogP) is 2.76. The minimum Gasteiger partial charge on any atom is -0.465 e. The van der Waals surface area contributed by atoms with Crippen LogP contribution in [0.4, 0.5) is 0 Å². The number of hydrogen-bond acceptors (Lipinski definition) is 3. The number of carbonyl (C=O) groups is 1. The lowest BCUT2D eigenvalue weighted by molar-refractivity contribution is -0.148. The molecule has 0 radical (unpaired) electrons. The average Bonchev–Trinajstić information content (AvgIpc) is 2.25. The molecule has 90 valence electrons. The quantitative estimate of drug-likeness (QED) is 0.691. The molecular weight excluding hydrogens is 202 g/mol. The van der Waals surface area contributed by atoms with Gasteiger partial charge in [-0.25, -0.2) is 0 Å². The third kappa shape index (κ3) is 2.98. The number of nitrogens with zero attached hydrogens (tertiary/aromatic N) is 1. The van der Waals surface area contributed by atoms with Crippen LogP contribution in [-0.4, -0.2) is 12.6 Å². The molecule has 3 heteroatoms. The third-order valence-corrected chi connectivity index (χ3v) is 3.79. The minimum atomic E-state index is -0.560. The van der Waals surface area contributed by atoms with Crippen LogP contribution in [0.25, 0.3) is 0 Å². The summed E-state index contributed by atoms with van der Waals surface area (Å²) in [4.78, 5) is 11.6. The fraction of sp³-hybridized carbons (Fsp3) is 0.846. The van der Waals surface area contributed by atoms with Crippen LogP contribution in [0.5, 0.6) is 0 Å². The van der Waals surface area contributed by atoms with Crippen LogP contribution in [0, 0.1) is 35.0 Å². The highest BCUT2D eigenvalue weighted by Crippen LogP contribution is 2.37. The average molecular weight is 223 g/mol. The molecule has 16 heavy (non-hydrogen) atoms. The first kappa shape index (κ1) is 13.0. The van der Waals surface area contributed by atoms with Crippen molar-refractivity contribution in [2.24, 2.45) is 23.7 Å². The summed E-state index contributed by atoms with van der Waals surface area (Å²) in [6.45, 7) is 6.58. The zero-order valence-electron chi connectivity index (χ0n) is 10.4. The van der Waals surface area contributed by atoms with Gasteiger partial charge < -0.3 is 4.74 Å². The van der Waals surface area contributed by atoms with Gasteiger partial charge in [0.15, 0.2) is 0 Å². The summed E-state index contributed by atoms with van der Waals surface area (Å²) in [6.07, 6.45) is 3.06. The van der Waals surface area contributed by atoms with E-state index in [1.807, 2.05) is 0 Å². The summed E-state index contributed by atoms with van der Waals surface area (Å²) in [6, 6.07) is 2.12. The second kappa shape index (κ2) is 5.89. The van der Waals surface area contributed by atoms with E-state index in [2.05, 4.69) is 19.9 Å². The lowest BCUT2D eigenvalue weighted by Crippen LogP contribution is -2.31. The molecule has 1 fully saturated rings. The first-order valence-corrected chi connectivity index (χ1v) is 6.16. The Kier molecular flexibility index (Phi) is 4.79. The Bertz CT molecular complexity index is 282. The molecule has 1 rings (SSSR count). The van der Waals surface area contributed by atoms with Crippen LogP contribution in [0.3, 0.4) is 0 Å². The molecule has 4 unspecified atom stereocenters. The predicted molar refractivity (Wildman–Crippen MR) is 61.4 cm³/mol. The second-order valence-electron chi connectivity index (χ2n) is 4.89. The van der Waals surface area contributed by atoms with Gasteiger partial charge in [0, 0.05) is 0 Å². The van der Waals surface area contributed by atoms with Crippen LogP contribution in [0.1, 0.15) is 40.0 Å². The molecule has 0 aromatic heterocycles. The number of esters is 1. The first-order chi connectivity index (χ1) is 7.60. The van der Waals surface area contributed by atoms with Crippen LogP contribution in [0.15, 0.2) is 0 Å². The summed E-state index contributed by atoms with van der Waals surface area (Å²) >= 11 is 0. The normalized spacial score (nSPS) is 31.5. The molecule has 0 N–H and O–H groups in total. The molecule has 0 saturated heterocycles. The Morgan fingerprint density at radius 1 is 1.44 bits per heavy atom. The van der Waals surface area contributed by atoms with E-state index in [1.165, 1.54) is 0 Å². The standard InChI is InChI=1S/C13H21NO2/c1-4-16-13(15)12(8-14)11-6-5-9(2)10(3)7-11/h9-12H,4-7H2,1-3H3. The summed E-state index contributed by atoms with van der Waals surface area (Å²) < 4.78 is 4.95. The highest BCUT2D eigenvalue weighted by Gasteiger charge is 2.34. The molecule has 0 amide bonds. The van der Waals surface area contributed by atoms with Gasteiger partial charge in [-0.3, -0.25) is 4.79 Å². The Morgan fingerprint density at radius 3 is 2.62 bits per heavy atom. The van der Waals surface area contributed by atoms with Gasteiger partial charge in [-0.2, -0.15) is 5.26 Å². The van der Waals surface area contributed by atoms with E-state index in [0.29, 0.717) is 18.4 Å². The van der Waals surface area contributed by atoms with E-state index < -0.39 is 5.92 Å². The maximum absolute atomic E-state index is 11.6. The Labute approximate surface area is 97.8 Å². The van der Waals surface area contributed by atoms with Crippen molar-refractivity contribution in [3.05, 3.63) is 0 Å². The van der Waals surface area contributed by atoms with Crippen LogP contribution < -0.4 is 0 Å². The van der Waals surface area contributed by atoms with Crippen molar-refractivity contribution in [3.63, 3.8) is 0 Å². The van der Waals surface area contributed by atoms with Gasteiger partial charge in [0.2, 0.25) is 0 Å². The molecule has 0 aromatic rings. The summed E-state index contributed by atoms with van der Waals surface area (Å²) in [7, 11) is 0. The molecule has 1 aliphatic carbocycles. The van der Waals surface area contributed by atoms with Gasteiger partial charge in [0.25, 0.3) is 0 Å². The monoisotopic (exact) mass is 223 g/mol. The van der Waals surface area contributed by atoms with Gasteiger partial charge in [0.05, 0.1) is 12.7 Å². The lowest BCUT2D eigenvalue weighted by atomic mass is 9.71. The molecule has 1 aliphatic rings. The number of ether oxygens (including phenoxy) is 1. The van der Waals surface area contributed by atoms with E-state index in [1.54, 1.807) is 6.92 Å². The Hall–Kier alpha value is -1.04. The zero-order chi connectivity index (χ0) is 12.1. The molecular formula is C13H21NO2. The zero-order valence-corrected chi connectivity index (χ0v) is 10.4. The highest BCUT2D eigenvalue weighted by molar-refractivity contribution is 5.75. The van der Waals surface area contributed by atoms with Crippen molar-refractivity contribution in [1.82, 2.24) is 0 Å². The molecule has 0 spiro atoms. The molecule has 4 atom stereocenters. The number of nitriles is 1. The molecule has 1 saturated carbocycles. The van der Waals surface area contributed by atoms with E-state index in [4.69, 9.17) is 10.00 Å². The van der Waals surface area contributed by atoms with Gasteiger partial charge >= 0.3 is 5.97 Å². The van der Waals surface area contributed by atoms with Gasteiger partial charge in [-0.1, -0.05) is 20.3 Å². The molecule has 0 bridgehead atoms. The van der Waals surface area contributed by atoms with Gasteiger partial charge in [0.1, 0.15) is 5.92 Å². The van der Waals surface area contributed by atoms with Crippen LogP contribution in [-0.2, 0) is 9.53 Å². The van der Waals surface area contributed by atoms with Gasteiger partial charge in [-0.15, -0.1) is 0 Å². The fourth-order valence-corrected chi connectivity index (χ4v) is 2.47. The summed E-state index contributed by atoms with van der Waals surface area (Å²) in [5, 5.41) is 9.08. The number of rotatable bonds is 3. The topological polar surface area (TPSA) is 50.1 Å². The van der Waals surface area contributed by atoms with Crippen molar-refractivity contribution < 1.29 is 9.53 Å². The van der Waals surface area contributed by atoms with E-state index in [0.717, 1.165) is 19.3 Å². The maximum Gasteiger partial charge on any atom is 0.323 e.